The van der Waals surface area contributed by atoms with Crippen molar-refractivity contribution in [3.05, 3.63) is 41.0 Å². The van der Waals surface area contributed by atoms with E-state index in [9.17, 15) is 4.39 Å². The number of hydrazine groups is 1. The molecule has 0 unspecified atom stereocenters. The third-order valence-corrected chi connectivity index (χ3v) is 3.09. The molecule has 0 saturated carbocycles. The van der Waals surface area contributed by atoms with Gasteiger partial charge in [0.15, 0.2) is 0 Å². The molecule has 1 heterocycles. The Hall–Kier alpha value is -2.21. The summed E-state index contributed by atoms with van der Waals surface area (Å²) in [6.07, 6.45) is 0.700. The second-order valence-corrected chi connectivity index (χ2v) is 4.54. The molecule has 0 saturated heterocycles. The van der Waals surface area contributed by atoms with Crippen LogP contribution in [0.15, 0.2) is 18.2 Å². The second kappa shape index (κ2) is 5.83. The summed E-state index contributed by atoms with van der Waals surface area (Å²) in [6, 6.07) is 4.57. The maximum absolute atomic E-state index is 13.1. The summed E-state index contributed by atoms with van der Waals surface area (Å²) in [5.74, 6) is 7.14. The number of aryl methyl sites for hydroxylation is 2. The molecule has 1 aromatic heterocycles. The summed E-state index contributed by atoms with van der Waals surface area (Å²) in [4.78, 5) is 8.75. The Morgan fingerprint density at radius 2 is 1.90 bits per heavy atom. The van der Waals surface area contributed by atoms with Crippen molar-refractivity contribution in [3.8, 4) is 0 Å². The van der Waals surface area contributed by atoms with Crippen molar-refractivity contribution in [2.45, 2.75) is 27.2 Å². The molecule has 5 nitrogen and oxygen atoms in total. The Labute approximate surface area is 117 Å². The average molecular weight is 275 g/mol. The van der Waals surface area contributed by atoms with Gasteiger partial charge >= 0.3 is 0 Å². The monoisotopic (exact) mass is 275 g/mol. The molecule has 0 aliphatic carbocycles. The number of anilines is 3. The second-order valence-electron chi connectivity index (χ2n) is 4.54. The van der Waals surface area contributed by atoms with Gasteiger partial charge in [0.1, 0.15) is 23.3 Å². The zero-order chi connectivity index (χ0) is 14.7. The van der Waals surface area contributed by atoms with E-state index in [2.05, 4.69) is 20.7 Å². The van der Waals surface area contributed by atoms with E-state index in [1.165, 1.54) is 12.1 Å². The Morgan fingerprint density at radius 3 is 2.50 bits per heavy atom. The van der Waals surface area contributed by atoms with E-state index in [1.807, 2.05) is 20.8 Å². The van der Waals surface area contributed by atoms with Crippen LogP contribution in [0.1, 0.15) is 23.9 Å². The summed E-state index contributed by atoms with van der Waals surface area (Å²) in [6.45, 7) is 5.68. The molecule has 0 radical (unpaired) electrons. The van der Waals surface area contributed by atoms with Crippen LogP contribution in [0.25, 0.3) is 0 Å². The number of hydrogen-bond acceptors (Lipinski definition) is 5. The fourth-order valence-corrected chi connectivity index (χ4v) is 1.88. The highest BCUT2D eigenvalue weighted by molar-refractivity contribution is 5.66. The van der Waals surface area contributed by atoms with Gasteiger partial charge < -0.3 is 10.7 Å². The van der Waals surface area contributed by atoms with Gasteiger partial charge in [0.2, 0.25) is 0 Å². The van der Waals surface area contributed by atoms with E-state index in [1.54, 1.807) is 6.07 Å². The Bertz CT molecular complexity index is 627. The molecule has 0 spiro atoms. The van der Waals surface area contributed by atoms with E-state index in [-0.39, 0.29) is 5.82 Å². The van der Waals surface area contributed by atoms with Crippen LogP contribution in [0.4, 0.5) is 21.7 Å². The van der Waals surface area contributed by atoms with Crippen LogP contribution in [0.2, 0.25) is 0 Å². The summed E-state index contributed by atoms with van der Waals surface area (Å²) >= 11 is 0. The molecule has 0 fully saturated rings. The van der Waals surface area contributed by atoms with Crippen LogP contribution in [-0.4, -0.2) is 9.97 Å². The zero-order valence-electron chi connectivity index (χ0n) is 11.8. The number of aromatic nitrogens is 2. The first kappa shape index (κ1) is 14.2. The number of hydrogen-bond donors (Lipinski definition) is 3. The highest BCUT2D eigenvalue weighted by Crippen LogP contribution is 2.25. The van der Waals surface area contributed by atoms with Crippen molar-refractivity contribution < 1.29 is 4.39 Å². The predicted molar refractivity (Wildman–Crippen MR) is 78.4 cm³/mol. The molecule has 2 rings (SSSR count). The van der Waals surface area contributed by atoms with Gasteiger partial charge in [0.05, 0.1) is 0 Å². The normalized spacial score (nSPS) is 10.4. The molecule has 106 valence electrons. The summed E-state index contributed by atoms with van der Waals surface area (Å²) < 4.78 is 13.1. The maximum atomic E-state index is 13.1. The first-order chi connectivity index (χ1) is 9.55. The molecule has 0 atom stereocenters. The molecule has 6 heteroatoms. The topological polar surface area (TPSA) is 75.9 Å². The molecule has 0 aliphatic heterocycles. The summed E-state index contributed by atoms with van der Waals surface area (Å²) in [5, 5.41) is 3.20. The number of nitrogens with two attached hydrogens (primary N) is 1. The van der Waals surface area contributed by atoms with E-state index in [0.29, 0.717) is 23.9 Å². The fraction of sp³-hybridized carbons (Fsp3) is 0.286. The SMILES string of the molecule is CCc1nc(NN)c(C)c(Nc2ccc(F)cc2C)n1. The van der Waals surface area contributed by atoms with Crippen molar-refractivity contribution in [3.63, 3.8) is 0 Å². The third-order valence-electron chi connectivity index (χ3n) is 3.09. The average Bonchev–Trinajstić information content (AvgIpc) is 2.43. The molecule has 0 amide bonds. The number of halogens is 1. The minimum Gasteiger partial charge on any atom is -0.340 e. The number of nitrogens with zero attached hydrogens (tertiary/aromatic N) is 2. The highest BCUT2D eigenvalue weighted by Gasteiger charge is 2.10. The summed E-state index contributed by atoms with van der Waals surface area (Å²) in [7, 11) is 0. The van der Waals surface area contributed by atoms with Crippen molar-refractivity contribution >= 4 is 17.3 Å². The number of nitrogen functional groups attached to an aromatic ring is 1. The predicted octanol–water partition coefficient (Wildman–Crippen LogP) is 2.82. The number of nitrogens with one attached hydrogen (secondary N) is 2. The van der Waals surface area contributed by atoms with Crippen LogP contribution in [0.3, 0.4) is 0 Å². The first-order valence-electron chi connectivity index (χ1n) is 6.42. The van der Waals surface area contributed by atoms with E-state index in [0.717, 1.165) is 16.8 Å². The number of benzene rings is 1. The van der Waals surface area contributed by atoms with E-state index >= 15 is 0 Å². The van der Waals surface area contributed by atoms with Crippen LogP contribution < -0.4 is 16.6 Å². The molecule has 2 aromatic rings. The number of rotatable bonds is 4. The lowest BCUT2D eigenvalue weighted by molar-refractivity contribution is 0.627. The van der Waals surface area contributed by atoms with Gasteiger partial charge in [0, 0.05) is 17.7 Å². The molecule has 1 aromatic carbocycles. The Morgan fingerprint density at radius 1 is 1.20 bits per heavy atom. The van der Waals surface area contributed by atoms with Gasteiger partial charge in [-0.2, -0.15) is 0 Å². The van der Waals surface area contributed by atoms with Crippen LogP contribution in [-0.2, 0) is 6.42 Å². The largest absolute Gasteiger partial charge is 0.340 e. The van der Waals surface area contributed by atoms with Gasteiger partial charge in [-0.3, -0.25) is 0 Å². The smallest absolute Gasteiger partial charge is 0.148 e. The van der Waals surface area contributed by atoms with Gasteiger partial charge in [-0.15, -0.1) is 0 Å². The third kappa shape index (κ3) is 2.85. The van der Waals surface area contributed by atoms with Crippen molar-refractivity contribution in [1.82, 2.24) is 9.97 Å². The molecule has 4 N–H and O–H groups in total. The first-order valence-corrected chi connectivity index (χ1v) is 6.42. The van der Waals surface area contributed by atoms with Crippen LogP contribution >= 0.6 is 0 Å². The molecule has 20 heavy (non-hydrogen) atoms. The van der Waals surface area contributed by atoms with E-state index in [4.69, 9.17) is 5.84 Å². The standard InChI is InChI=1S/C14H18FN5/c1-4-12-18-13(9(3)14(19-12)20-16)17-11-6-5-10(15)7-8(11)2/h5-7H,4,16H2,1-3H3,(H2,17,18,19,20). The molecule has 0 aliphatic rings. The molecular weight excluding hydrogens is 257 g/mol. The van der Waals surface area contributed by atoms with Crippen molar-refractivity contribution in [2.75, 3.05) is 10.7 Å². The van der Waals surface area contributed by atoms with Gasteiger partial charge in [0.25, 0.3) is 0 Å². The molecular formula is C14H18FN5. The summed E-state index contributed by atoms with van der Waals surface area (Å²) in [5.41, 5.74) is 4.99. The Kier molecular flexibility index (Phi) is 4.14. The maximum Gasteiger partial charge on any atom is 0.148 e. The Balaban J connectivity index is 2.42. The highest BCUT2D eigenvalue weighted by atomic mass is 19.1. The lowest BCUT2D eigenvalue weighted by atomic mass is 10.2. The zero-order valence-corrected chi connectivity index (χ0v) is 11.8. The van der Waals surface area contributed by atoms with Crippen LogP contribution in [0, 0.1) is 19.7 Å². The van der Waals surface area contributed by atoms with Crippen molar-refractivity contribution in [2.24, 2.45) is 5.84 Å². The van der Waals surface area contributed by atoms with Gasteiger partial charge in [-0.05, 0) is 37.6 Å². The lowest BCUT2D eigenvalue weighted by Crippen LogP contribution is -2.14. The minimum atomic E-state index is -0.258. The van der Waals surface area contributed by atoms with Crippen LogP contribution in [0.5, 0.6) is 0 Å². The fourth-order valence-electron chi connectivity index (χ4n) is 1.88. The lowest BCUT2D eigenvalue weighted by Gasteiger charge is -2.14. The van der Waals surface area contributed by atoms with E-state index < -0.39 is 0 Å². The quantitative estimate of drug-likeness (QED) is 0.591. The van der Waals surface area contributed by atoms with Gasteiger partial charge in [-0.25, -0.2) is 20.2 Å². The van der Waals surface area contributed by atoms with Gasteiger partial charge in [-0.1, -0.05) is 6.92 Å². The minimum absolute atomic E-state index is 0.258. The molecule has 0 bridgehead atoms. The van der Waals surface area contributed by atoms with Crippen molar-refractivity contribution in [1.29, 1.82) is 0 Å².